The number of ketones is 1. The highest BCUT2D eigenvalue weighted by Crippen LogP contribution is 2.65. The molecule has 0 aromatic carbocycles. The molecular formula is C21H28O. The molecule has 2 fully saturated rings. The Morgan fingerprint density at radius 2 is 1.95 bits per heavy atom. The largest absolute Gasteiger partial charge is 0.295 e. The summed E-state index contributed by atoms with van der Waals surface area (Å²) in [4.78, 5) is 11.9. The molecule has 0 spiro atoms. The molecule has 5 atom stereocenters. The van der Waals surface area contributed by atoms with Crippen LogP contribution in [-0.2, 0) is 4.79 Å². The molecule has 2 saturated carbocycles. The number of carbonyl (C=O) groups excluding carboxylic acids is 1. The zero-order valence-corrected chi connectivity index (χ0v) is 14.2. The Labute approximate surface area is 134 Å². The van der Waals surface area contributed by atoms with Crippen molar-refractivity contribution >= 4 is 5.78 Å². The van der Waals surface area contributed by atoms with Crippen molar-refractivity contribution in [2.45, 2.75) is 59.3 Å². The van der Waals surface area contributed by atoms with E-state index in [0.717, 1.165) is 37.0 Å². The summed E-state index contributed by atoms with van der Waals surface area (Å²) in [6, 6.07) is 0. The highest BCUT2D eigenvalue weighted by molar-refractivity contribution is 5.92. The van der Waals surface area contributed by atoms with E-state index in [1.807, 2.05) is 6.08 Å². The third-order valence-electron chi connectivity index (χ3n) is 7.90. The first-order chi connectivity index (χ1) is 10.4. The molecule has 22 heavy (non-hydrogen) atoms. The molecule has 1 heteroatoms. The molecular weight excluding hydrogens is 268 g/mol. The van der Waals surface area contributed by atoms with E-state index in [0.29, 0.717) is 11.2 Å². The van der Waals surface area contributed by atoms with Crippen molar-refractivity contribution in [1.29, 1.82) is 0 Å². The van der Waals surface area contributed by atoms with Gasteiger partial charge in [-0.15, -0.1) is 0 Å². The van der Waals surface area contributed by atoms with Crippen LogP contribution in [0, 0.1) is 28.6 Å². The van der Waals surface area contributed by atoms with E-state index in [2.05, 4.69) is 33.4 Å². The highest BCUT2D eigenvalue weighted by Gasteiger charge is 2.57. The van der Waals surface area contributed by atoms with E-state index < -0.39 is 0 Å². The van der Waals surface area contributed by atoms with E-state index in [4.69, 9.17) is 0 Å². The smallest absolute Gasteiger partial charge is 0.156 e. The maximum Gasteiger partial charge on any atom is 0.156 e. The van der Waals surface area contributed by atoms with Gasteiger partial charge in [-0.3, -0.25) is 4.79 Å². The Morgan fingerprint density at radius 3 is 2.73 bits per heavy atom. The van der Waals surface area contributed by atoms with E-state index in [1.54, 1.807) is 5.57 Å². The Morgan fingerprint density at radius 1 is 1.18 bits per heavy atom. The van der Waals surface area contributed by atoms with Crippen LogP contribution in [-0.4, -0.2) is 5.78 Å². The Bertz CT molecular complexity index is 622. The van der Waals surface area contributed by atoms with E-state index in [-0.39, 0.29) is 5.41 Å². The van der Waals surface area contributed by atoms with Gasteiger partial charge < -0.3 is 0 Å². The normalized spacial score (nSPS) is 47.3. The van der Waals surface area contributed by atoms with Crippen LogP contribution in [0.2, 0.25) is 0 Å². The molecule has 0 heterocycles. The molecule has 118 valence electrons. The lowest BCUT2D eigenvalue weighted by Gasteiger charge is -2.58. The van der Waals surface area contributed by atoms with Crippen LogP contribution in [0.3, 0.4) is 0 Å². The van der Waals surface area contributed by atoms with Crippen LogP contribution in [0.1, 0.15) is 59.3 Å². The first kappa shape index (κ1) is 14.5. The number of hydrogen-bond donors (Lipinski definition) is 0. The van der Waals surface area contributed by atoms with Crippen molar-refractivity contribution in [3.05, 3.63) is 35.5 Å². The zero-order chi connectivity index (χ0) is 15.7. The van der Waals surface area contributed by atoms with Gasteiger partial charge in [-0.1, -0.05) is 37.6 Å². The SMILES string of the molecule is C=C1CC2C3CC=C(C)C3(C)CCC2C2(C)CCC(=O)C=C12. The van der Waals surface area contributed by atoms with Crippen LogP contribution in [0.5, 0.6) is 0 Å². The third kappa shape index (κ3) is 1.69. The molecule has 4 aliphatic rings. The zero-order valence-electron chi connectivity index (χ0n) is 14.2. The van der Waals surface area contributed by atoms with Gasteiger partial charge in [0.25, 0.3) is 0 Å². The van der Waals surface area contributed by atoms with Crippen LogP contribution < -0.4 is 0 Å². The summed E-state index contributed by atoms with van der Waals surface area (Å²) in [5.41, 5.74) is 4.80. The van der Waals surface area contributed by atoms with Gasteiger partial charge in [-0.25, -0.2) is 0 Å². The molecule has 4 rings (SSSR count). The standard InChI is InChI=1S/C21H28O/c1-13-11-16-17-6-5-14(2)20(17,3)10-8-18(16)21(4)9-7-15(22)12-19(13)21/h5,12,16-18H,1,6-11H2,2-4H3. The Balaban J connectivity index is 1.75. The fraction of sp³-hybridized carbons (Fsp3) is 0.667. The number of allylic oxidation sites excluding steroid dienone is 5. The molecule has 0 aromatic rings. The van der Waals surface area contributed by atoms with Gasteiger partial charge in [0.1, 0.15) is 0 Å². The fourth-order valence-electron chi connectivity index (χ4n) is 6.35. The number of fused-ring (bicyclic) bond motifs is 5. The van der Waals surface area contributed by atoms with E-state index in [9.17, 15) is 4.79 Å². The van der Waals surface area contributed by atoms with Gasteiger partial charge in [0, 0.05) is 6.42 Å². The molecule has 0 bridgehead atoms. The lowest BCUT2D eigenvalue weighted by molar-refractivity contribution is -0.116. The van der Waals surface area contributed by atoms with Gasteiger partial charge in [-0.05, 0) is 79.3 Å². The second-order valence-electron chi connectivity index (χ2n) is 8.71. The van der Waals surface area contributed by atoms with Crippen LogP contribution in [0.15, 0.2) is 35.5 Å². The van der Waals surface area contributed by atoms with Crippen molar-refractivity contribution in [2.24, 2.45) is 28.6 Å². The Kier molecular flexibility index (Phi) is 2.94. The topological polar surface area (TPSA) is 17.1 Å². The van der Waals surface area contributed by atoms with E-state index in [1.165, 1.54) is 30.4 Å². The minimum atomic E-state index is 0.200. The molecule has 1 nitrogen and oxygen atoms in total. The maximum atomic E-state index is 11.9. The number of carbonyl (C=O) groups is 1. The van der Waals surface area contributed by atoms with Crippen molar-refractivity contribution in [3.63, 3.8) is 0 Å². The van der Waals surface area contributed by atoms with Gasteiger partial charge in [-0.2, -0.15) is 0 Å². The summed E-state index contributed by atoms with van der Waals surface area (Å²) in [6.45, 7) is 11.6. The minimum Gasteiger partial charge on any atom is -0.295 e. The van der Waals surface area contributed by atoms with Gasteiger partial charge in [0.05, 0.1) is 0 Å². The van der Waals surface area contributed by atoms with Crippen LogP contribution in [0.25, 0.3) is 0 Å². The summed E-state index contributed by atoms with van der Waals surface area (Å²) < 4.78 is 0. The average molecular weight is 296 g/mol. The molecule has 0 saturated heterocycles. The minimum absolute atomic E-state index is 0.200. The molecule has 0 aliphatic heterocycles. The lowest BCUT2D eigenvalue weighted by atomic mass is 9.46. The van der Waals surface area contributed by atoms with Gasteiger partial charge in [0.15, 0.2) is 5.78 Å². The average Bonchev–Trinajstić information content (AvgIpc) is 2.77. The van der Waals surface area contributed by atoms with Crippen molar-refractivity contribution in [2.75, 3.05) is 0 Å². The predicted octanol–water partition coefficient (Wildman–Crippen LogP) is 5.24. The summed E-state index contributed by atoms with van der Waals surface area (Å²) in [5.74, 6) is 2.61. The predicted molar refractivity (Wildman–Crippen MR) is 90.4 cm³/mol. The maximum absolute atomic E-state index is 11.9. The molecule has 0 aromatic heterocycles. The quantitative estimate of drug-likeness (QED) is 0.559. The van der Waals surface area contributed by atoms with Crippen molar-refractivity contribution in [1.82, 2.24) is 0 Å². The van der Waals surface area contributed by atoms with Crippen molar-refractivity contribution in [3.8, 4) is 0 Å². The first-order valence-corrected chi connectivity index (χ1v) is 8.96. The highest BCUT2D eigenvalue weighted by atomic mass is 16.1. The first-order valence-electron chi connectivity index (χ1n) is 8.96. The summed E-state index contributed by atoms with van der Waals surface area (Å²) >= 11 is 0. The fourth-order valence-corrected chi connectivity index (χ4v) is 6.35. The molecule has 4 aliphatic carbocycles. The Hall–Kier alpha value is -1.11. The van der Waals surface area contributed by atoms with Crippen LogP contribution >= 0.6 is 0 Å². The second-order valence-corrected chi connectivity index (χ2v) is 8.71. The number of hydrogen-bond acceptors (Lipinski definition) is 1. The lowest BCUT2D eigenvalue weighted by Crippen LogP contribution is -2.50. The van der Waals surface area contributed by atoms with Crippen molar-refractivity contribution < 1.29 is 4.79 Å². The van der Waals surface area contributed by atoms with Crippen LogP contribution in [0.4, 0.5) is 0 Å². The number of rotatable bonds is 0. The summed E-state index contributed by atoms with van der Waals surface area (Å²) in [7, 11) is 0. The molecule has 0 N–H and O–H groups in total. The van der Waals surface area contributed by atoms with Gasteiger partial charge in [0.2, 0.25) is 0 Å². The van der Waals surface area contributed by atoms with Gasteiger partial charge >= 0.3 is 0 Å². The molecule has 5 unspecified atom stereocenters. The molecule has 0 amide bonds. The second kappa shape index (κ2) is 4.46. The van der Waals surface area contributed by atoms with E-state index >= 15 is 0 Å². The third-order valence-corrected chi connectivity index (χ3v) is 7.90. The summed E-state index contributed by atoms with van der Waals surface area (Å²) in [6.07, 6.45) is 11.2. The molecule has 0 radical (unpaired) electrons. The summed E-state index contributed by atoms with van der Waals surface area (Å²) in [5, 5.41) is 0. The monoisotopic (exact) mass is 296 g/mol.